The minimum absolute atomic E-state index is 0.0144. The van der Waals surface area contributed by atoms with Crippen molar-refractivity contribution in [3.63, 3.8) is 0 Å². The molecule has 0 spiro atoms. The third-order valence-electron chi connectivity index (χ3n) is 3.67. The lowest BCUT2D eigenvalue weighted by atomic mass is 10.0. The quantitative estimate of drug-likeness (QED) is 0.642. The molecule has 6 amide bonds. The minimum atomic E-state index is -1.67. The first-order chi connectivity index (χ1) is 12.7. The van der Waals surface area contributed by atoms with Crippen molar-refractivity contribution in [2.45, 2.75) is 6.42 Å². The van der Waals surface area contributed by atoms with E-state index in [4.69, 9.17) is 11.5 Å². The summed E-state index contributed by atoms with van der Waals surface area (Å²) in [6, 6.07) is 10.0. The summed E-state index contributed by atoms with van der Waals surface area (Å²) >= 11 is 0. The Hall–Kier alpha value is -4.08. The monoisotopic (exact) mass is 372 g/mol. The summed E-state index contributed by atoms with van der Waals surface area (Å²) in [5.41, 5.74) is 11.2. The first-order valence-electron chi connectivity index (χ1n) is 7.54. The van der Waals surface area contributed by atoms with Gasteiger partial charge in [-0.3, -0.25) is 0 Å². The number of para-hydroxylation sites is 2. The number of imide groups is 2. The Kier molecular flexibility index (Phi) is 5.61. The number of carboxylic acid groups (broad SMARTS) is 2. The topological polar surface area (TPSA) is 167 Å². The molecule has 6 N–H and O–H groups in total. The van der Waals surface area contributed by atoms with E-state index < -0.39 is 24.2 Å². The molecule has 2 rings (SSSR count). The van der Waals surface area contributed by atoms with Crippen LogP contribution in [-0.4, -0.2) is 34.5 Å². The van der Waals surface area contributed by atoms with Crippen LogP contribution in [0.25, 0.3) is 0 Å². The summed E-state index contributed by atoms with van der Waals surface area (Å²) in [5, 5.41) is 18.4. The van der Waals surface area contributed by atoms with Crippen LogP contribution in [0.5, 0.6) is 0 Å². The van der Waals surface area contributed by atoms with E-state index in [1.165, 1.54) is 24.3 Å². The van der Waals surface area contributed by atoms with Gasteiger partial charge < -0.3 is 21.7 Å². The molecule has 0 aliphatic heterocycles. The highest BCUT2D eigenvalue weighted by Gasteiger charge is 2.26. The zero-order valence-electron chi connectivity index (χ0n) is 13.9. The normalized spacial score (nSPS) is 10.1. The van der Waals surface area contributed by atoms with Gasteiger partial charge in [-0.05, 0) is 23.3 Å². The van der Waals surface area contributed by atoms with Crippen molar-refractivity contribution >= 4 is 35.6 Å². The number of benzene rings is 2. The van der Waals surface area contributed by atoms with Crippen molar-refractivity contribution in [1.29, 1.82) is 0 Å². The lowest BCUT2D eigenvalue weighted by Crippen LogP contribution is -2.44. The average Bonchev–Trinajstić information content (AvgIpc) is 2.57. The Labute approximate surface area is 153 Å². The largest absolute Gasteiger partial charge is 0.464 e. The van der Waals surface area contributed by atoms with Crippen LogP contribution < -0.4 is 21.3 Å². The average molecular weight is 372 g/mol. The number of nitrogens with zero attached hydrogens (tertiary/aromatic N) is 2. The molecule has 0 saturated carbocycles. The number of nitrogens with two attached hydrogens (primary N) is 2. The van der Waals surface area contributed by atoms with Gasteiger partial charge in [0.2, 0.25) is 0 Å². The van der Waals surface area contributed by atoms with Crippen LogP contribution in [0.4, 0.5) is 30.6 Å². The van der Waals surface area contributed by atoms with E-state index in [-0.39, 0.29) is 22.7 Å². The standard InChI is InChI=1S/C17H16N4O6/c18-14(22)20(15(19)23)12-7-3-1-5-10(12)9-11-6-2-4-8-13(11)21(16(24)25)17(26)27/h1-8H,9H2,(H2,18,22)(H2,19,23)(H,24,25)(H,26,27). The summed E-state index contributed by atoms with van der Waals surface area (Å²) in [7, 11) is 0. The maximum atomic E-state index is 11.6. The van der Waals surface area contributed by atoms with Gasteiger partial charge in [0.1, 0.15) is 0 Å². The molecule has 0 saturated heterocycles. The number of anilines is 2. The van der Waals surface area contributed by atoms with Crippen molar-refractivity contribution in [1.82, 2.24) is 0 Å². The van der Waals surface area contributed by atoms with Gasteiger partial charge in [-0.15, -0.1) is 0 Å². The first kappa shape index (κ1) is 19.2. The molecule has 140 valence electrons. The van der Waals surface area contributed by atoms with Crippen LogP contribution in [-0.2, 0) is 6.42 Å². The second kappa shape index (κ2) is 7.87. The molecule has 0 aromatic heterocycles. The third kappa shape index (κ3) is 4.12. The number of rotatable bonds is 4. The highest BCUT2D eigenvalue weighted by atomic mass is 16.4. The molecule has 0 fully saturated rings. The highest BCUT2D eigenvalue weighted by Crippen LogP contribution is 2.28. The van der Waals surface area contributed by atoms with E-state index in [1.54, 1.807) is 24.3 Å². The number of carbonyl (C=O) groups excluding carboxylic acids is 2. The molecule has 2 aromatic carbocycles. The van der Waals surface area contributed by atoms with Crippen molar-refractivity contribution in [3.8, 4) is 0 Å². The molecule has 0 heterocycles. The SMILES string of the molecule is NC(=O)N(C(N)=O)c1ccccc1Cc1ccccc1N(C(=O)O)C(=O)O. The van der Waals surface area contributed by atoms with E-state index >= 15 is 0 Å². The van der Waals surface area contributed by atoms with Gasteiger partial charge in [0.15, 0.2) is 0 Å². The van der Waals surface area contributed by atoms with Crippen LogP contribution in [0.1, 0.15) is 11.1 Å². The second-order valence-electron chi connectivity index (χ2n) is 5.35. The fraction of sp³-hybridized carbons (Fsp3) is 0.0588. The van der Waals surface area contributed by atoms with Gasteiger partial charge in [-0.1, -0.05) is 36.4 Å². The van der Waals surface area contributed by atoms with Gasteiger partial charge >= 0.3 is 24.2 Å². The van der Waals surface area contributed by atoms with Gasteiger partial charge in [-0.2, -0.15) is 4.90 Å². The first-order valence-corrected chi connectivity index (χ1v) is 7.54. The summed E-state index contributed by atoms with van der Waals surface area (Å²) in [6.45, 7) is 0. The van der Waals surface area contributed by atoms with Crippen LogP contribution in [0.2, 0.25) is 0 Å². The number of hydrogen-bond acceptors (Lipinski definition) is 4. The molecule has 0 bridgehead atoms. The summed E-state index contributed by atoms with van der Waals surface area (Å²) in [6.07, 6.45) is -3.32. The Morgan fingerprint density at radius 2 is 1.07 bits per heavy atom. The molecule has 27 heavy (non-hydrogen) atoms. The molecule has 0 unspecified atom stereocenters. The van der Waals surface area contributed by atoms with E-state index in [0.717, 1.165) is 0 Å². The van der Waals surface area contributed by atoms with E-state index in [2.05, 4.69) is 0 Å². The smallest absolute Gasteiger partial charge is 0.421 e. The highest BCUT2D eigenvalue weighted by molar-refractivity contribution is 6.13. The summed E-state index contributed by atoms with van der Waals surface area (Å²) < 4.78 is 0. The number of amides is 6. The molecule has 0 radical (unpaired) electrons. The fourth-order valence-corrected chi connectivity index (χ4v) is 2.60. The predicted molar refractivity (Wildman–Crippen MR) is 95.9 cm³/mol. The molecule has 0 aliphatic rings. The molecule has 2 aromatic rings. The maximum Gasteiger partial charge on any atom is 0.421 e. The van der Waals surface area contributed by atoms with Crippen molar-refractivity contribution < 1.29 is 29.4 Å². The third-order valence-corrected chi connectivity index (χ3v) is 3.67. The van der Waals surface area contributed by atoms with Gasteiger partial charge in [0.05, 0.1) is 11.4 Å². The van der Waals surface area contributed by atoms with Crippen LogP contribution in [0, 0.1) is 0 Å². The fourth-order valence-electron chi connectivity index (χ4n) is 2.60. The van der Waals surface area contributed by atoms with E-state index in [0.29, 0.717) is 16.0 Å². The Morgan fingerprint density at radius 3 is 1.44 bits per heavy atom. The van der Waals surface area contributed by atoms with E-state index in [1.807, 2.05) is 0 Å². The molecular weight excluding hydrogens is 356 g/mol. The van der Waals surface area contributed by atoms with Gasteiger partial charge in [-0.25, -0.2) is 24.1 Å². The zero-order valence-corrected chi connectivity index (χ0v) is 13.9. The Balaban J connectivity index is 2.54. The number of urea groups is 2. The van der Waals surface area contributed by atoms with Crippen molar-refractivity contribution in [2.75, 3.05) is 9.80 Å². The summed E-state index contributed by atoms with van der Waals surface area (Å²) in [4.78, 5) is 46.5. The number of carbonyl (C=O) groups is 4. The predicted octanol–water partition coefficient (Wildman–Crippen LogP) is 2.40. The molecular formula is C17H16N4O6. The van der Waals surface area contributed by atoms with Crippen LogP contribution >= 0.6 is 0 Å². The Bertz CT molecular complexity index is 812. The lowest BCUT2D eigenvalue weighted by Gasteiger charge is -2.21. The minimum Gasteiger partial charge on any atom is -0.464 e. The van der Waals surface area contributed by atoms with E-state index in [9.17, 15) is 29.4 Å². The lowest BCUT2D eigenvalue weighted by molar-refractivity contribution is 0.184. The summed E-state index contributed by atoms with van der Waals surface area (Å²) in [5.74, 6) is 0. The van der Waals surface area contributed by atoms with Gasteiger partial charge in [0, 0.05) is 6.42 Å². The Morgan fingerprint density at radius 1 is 0.704 bits per heavy atom. The number of hydrogen-bond donors (Lipinski definition) is 4. The van der Waals surface area contributed by atoms with Crippen LogP contribution in [0.3, 0.4) is 0 Å². The van der Waals surface area contributed by atoms with Crippen molar-refractivity contribution in [3.05, 3.63) is 59.7 Å². The van der Waals surface area contributed by atoms with Gasteiger partial charge in [0.25, 0.3) is 0 Å². The molecule has 0 atom stereocenters. The number of primary amides is 2. The van der Waals surface area contributed by atoms with Crippen LogP contribution in [0.15, 0.2) is 48.5 Å². The maximum absolute atomic E-state index is 11.6. The second-order valence-corrected chi connectivity index (χ2v) is 5.35. The molecule has 0 aliphatic carbocycles. The molecule has 10 nitrogen and oxygen atoms in total. The molecule has 10 heteroatoms. The van der Waals surface area contributed by atoms with Crippen molar-refractivity contribution in [2.24, 2.45) is 11.5 Å². The zero-order chi connectivity index (χ0) is 20.1.